The van der Waals surface area contributed by atoms with E-state index in [1.807, 2.05) is 6.07 Å². The molecule has 0 N–H and O–H groups in total. The van der Waals surface area contributed by atoms with Gasteiger partial charge in [0.15, 0.2) is 0 Å². The van der Waals surface area contributed by atoms with Crippen LogP contribution in [0, 0.1) is 0 Å². The van der Waals surface area contributed by atoms with Crippen molar-refractivity contribution in [2.75, 3.05) is 0 Å². The fourth-order valence-electron chi connectivity index (χ4n) is 1.04. The Balaban J connectivity index is 2.77. The first kappa shape index (κ1) is 9.17. The molecule has 0 aliphatic carbocycles. The molecule has 1 aromatic heterocycles. The van der Waals surface area contributed by atoms with Crippen molar-refractivity contribution < 1.29 is 4.39 Å². The summed E-state index contributed by atoms with van der Waals surface area (Å²) in [6.45, 7) is 3.81. The Labute approximate surface area is 72.6 Å². The lowest BCUT2D eigenvalue weighted by molar-refractivity contribution is 0.475. The third-order valence-electron chi connectivity index (χ3n) is 2.17. The summed E-state index contributed by atoms with van der Waals surface area (Å²) in [6.07, 6.45) is 2.86. The van der Waals surface area contributed by atoms with Gasteiger partial charge in [0.1, 0.15) is 6.67 Å². The van der Waals surface area contributed by atoms with E-state index in [9.17, 15) is 4.39 Å². The van der Waals surface area contributed by atoms with Crippen LogP contribution in [-0.2, 0) is 6.67 Å². The van der Waals surface area contributed by atoms with Crippen molar-refractivity contribution in [2.45, 2.75) is 32.9 Å². The van der Waals surface area contributed by atoms with Crippen LogP contribution in [0.5, 0.6) is 0 Å². The van der Waals surface area contributed by atoms with E-state index in [0.29, 0.717) is 11.6 Å². The van der Waals surface area contributed by atoms with E-state index in [1.165, 1.54) is 5.56 Å². The zero-order chi connectivity index (χ0) is 8.97. The van der Waals surface area contributed by atoms with Crippen molar-refractivity contribution in [1.29, 1.82) is 0 Å². The molecule has 0 fully saturated rings. The molecule has 0 aliphatic heterocycles. The number of hydrogen-bond donors (Lipinski definition) is 0. The number of pyridine rings is 1. The van der Waals surface area contributed by atoms with E-state index in [2.05, 4.69) is 18.8 Å². The maximum absolute atomic E-state index is 12.1. The van der Waals surface area contributed by atoms with Gasteiger partial charge in [0.2, 0.25) is 0 Å². The third-order valence-corrected chi connectivity index (χ3v) is 2.17. The summed E-state index contributed by atoms with van der Waals surface area (Å²) in [5, 5.41) is 0. The van der Waals surface area contributed by atoms with Gasteiger partial charge in [0.25, 0.3) is 0 Å². The average molecular weight is 167 g/mol. The maximum Gasteiger partial charge on any atom is 0.131 e. The number of rotatable bonds is 3. The normalized spacial score (nSPS) is 12.9. The first-order valence-electron chi connectivity index (χ1n) is 4.28. The van der Waals surface area contributed by atoms with Crippen LogP contribution in [0.15, 0.2) is 18.3 Å². The van der Waals surface area contributed by atoms with E-state index in [1.54, 1.807) is 12.3 Å². The predicted molar refractivity (Wildman–Crippen MR) is 47.8 cm³/mol. The molecule has 0 spiro atoms. The largest absolute Gasteiger partial charge is 0.258 e. The summed E-state index contributed by atoms with van der Waals surface area (Å²) in [7, 11) is 0. The van der Waals surface area contributed by atoms with Crippen molar-refractivity contribution in [2.24, 2.45) is 0 Å². The molecule has 0 amide bonds. The van der Waals surface area contributed by atoms with Crippen LogP contribution >= 0.6 is 0 Å². The monoisotopic (exact) mass is 167 g/mol. The Morgan fingerprint density at radius 3 is 2.67 bits per heavy atom. The number of aromatic nitrogens is 1. The number of alkyl halides is 1. The standard InChI is InChI=1S/C10H14FN/c1-3-8(2)9-4-5-10(6-11)12-7-9/h4-5,7-8H,3,6H2,1-2H3. The summed E-state index contributed by atoms with van der Waals surface area (Å²) in [4.78, 5) is 3.99. The first-order chi connectivity index (χ1) is 5.77. The van der Waals surface area contributed by atoms with Crippen molar-refractivity contribution in [3.05, 3.63) is 29.6 Å². The van der Waals surface area contributed by atoms with E-state index in [-0.39, 0.29) is 0 Å². The zero-order valence-corrected chi connectivity index (χ0v) is 7.55. The van der Waals surface area contributed by atoms with E-state index in [4.69, 9.17) is 0 Å². The molecule has 12 heavy (non-hydrogen) atoms. The summed E-state index contributed by atoms with van der Waals surface area (Å²) in [5.74, 6) is 0.520. The fourth-order valence-corrected chi connectivity index (χ4v) is 1.04. The highest BCUT2D eigenvalue weighted by Crippen LogP contribution is 2.17. The van der Waals surface area contributed by atoms with Crippen LogP contribution in [0.25, 0.3) is 0 Å². The van der Waals surface area contributed by atoms with Crippen LogP contribution < -0.4 is 0 Å². The Morgan fingerprint density at radius 1 is 1.50 bits per heavy atom. The van der Waals surface area contributed by atoms with Crippen LogP contribution in [0.4, 0.5) is 4.39 Å². The zero-order valence-electron chi connectivity index (χ0n) is 7.55. The molecule has 0 aliphatic rings. The number of nitrogens with zero attached hydrogens (tertiary/aromatic N) is 1. The topological polar surface area (TPSA) is 12.9 Å². The molecule has 0 bridgehead atoms. The van der Waals surface area contributed by atoms with Crippen LogP contribution in [0.3, 0.4) is 0 Å². The highest BCUT2D eigenvalue weighted by Gasteiger charge is 2.02. The Morgan fingerprint density at radius 2 is 2.25 bits per heavy atom. The van der Waals surface area contributed by atoms with Crippen molar-refractivity contribution in [3.8, 4) is 0 Å². The van der Waals surface area contributed by atoms with Gasteiger partial charge in [-0.1, -0.05) is 19.9 Å². The number of hydrogen-bond acceptors (Lipinski definition) is 1. The summed E-state index contributed by atoms with van der Waals surface area (Å²) in [5.41, 5.74) is 1.71. The van der Waals surface area contributed by atoms with Gasteiger partial charge >= 0.3 is 0 Å². The molecule has 1 heterocycles. The van der Waals surface area contributed by atoms with Crippen LogP contribution in [0.1, 0.15) is 37.4 Å². The minimum Gasteiger partial charge on any atom is -0.258 e. The van der Waals surface area contributed by atoms with Gasteiger partial charge in [-0.2, -0.15) is 0 Å². The molecule has 1 atom stereocenters. The van der Waals surface area contributed by atoms with E-state index >= 15 is 0 Å². The lowest BCUT2D eigenvalue weighted by atomic mass is 10.0. The molecule has 1 aromatic rings. The second-order valence-corrected chi connectivity index (χ2v) is 3.03. The van der Waals surface area contributed by atoms with Crippen LogP contribution in [-0.4, -0.2) is 4.98 Å². The minimum absolute atomic E-state index is 0.471. The molecule has 0 aromatic carbocycles. The lowest BCUT2D eigenvalue weighted by Gasteiger charge is -2.07. The number of halogens is 1. The van der Waals surface area contributed by atoms with Crippen LogP contribution in [0.2, 0.25) is 0 Å². The highest BCUT2D eigenvalue weighted by atomic mass is 19.1. The molecular weight excluding hydrogens is 153 g/mol. The smallest absolute Gasteiger partial charge is 0.131 e. The molecule has 2 heteroatoms. The summed E-state index contributed by atoms with van der Waals surface area (Å²) in [6, 6.07) is 3.71. The second kappa shape index (κ2) is 4.19. The molecule has 0 saturated carbocycles. The molecule has 1 unspecified atom stereocenters. The summed E-state index contributed by atoms with van der Waals surface area (Å²) < 4.78 is 12.1. The Kier molecular flexibility index (Phi) is 3.20. The lowest BCUT2D eigenvalue weighted by Crippen LogP contribution is -1.93. The molecule has 0 radical (unpaired) electrons. The summed E-state index contributed by atoms with van der Waals surface area (Å²) >= 11 is 0. The van der Waals surface area contributed by atoms with Gasteiger partial charge in [0, 0.05) is 6.20 Å². The average Bonchev–Trinajstić information content (AvgIpc) is 2.17. The SMILES string of the molecule is CCC(C)c1ccc(CF)nc1. The molecule has 1 rings (SSSR count). The van der Waals surface area contributed by atoms with Gasteiger partial charge in [-0.15, -0.1) is 0 Å². The fraction of sp³-hybridized carbons (Fsp3) is 0.500. The molecule has 66 valence electrons. The highest BCUT2D eigenvalue weighted by molar-refractivity contribution is 5.17. The quantitative estimate of drug-likeness (QED) is 0.674. The van der Waals surface area contributed by atoms with Gasteiger partial charge in [-0.05, 0) is 24.0 Å². The van der Waals surface area contributed by atoms with Gasteiger partial charge in [0.05, 0.1) is 5.69 Å². The van der Waals surface area contributed by atoms with Gasteiger partial charge in [-0.25, -0.2) is 4.39 Å². The molecule has 0 saturated heterocycles. The van der Waals surface area contributed by atoms with Gasteiger partial charge in [-0.3, -0.25) is 4.98 Å². The maximum atomic E-state index is 12.1. The van der Waals surface area contributed by atoms with E-state index < -0.39 is 6.67 Å². The first-order valence-corrected chi connectivity index (χ1v) is 4.28. The third kappa shape index (κ3) is 2.03. The van der Waals surface area contributed by atoms with Crippen molar-refractivity contribution >= 4 is 0 Å². The minimum atomic E-state index is -0.471. The molecule has 1 nitrogen and oxygen atoms in total. The Hall–Kier alpha value is -0.920. The van der Waals surface area contributed by atoms with Gasteiger partial charge < -0.3 is 0 Å². The predicted octanol–water partition coefficient (Wildman–Crippen LogP) is 3.06. The van der Waals surface area contributed by atoms with Crippen molar-refractivity contribution in [3.63, 3.8) is 0 Å². The second-order valence-electron chi connectivity index (χ2n) is 3.03. The Bertz CT molecular complexity index is 230. The molecular formula is C10H14FN. The van der Waals surface area contributed by atoms with Crippen molar-refractivity contribution in [1.82, 2.24) is 4.98 Å². The van der Waals surface area contributed by atoms with E-state index in [0.717, 1.165) is 6.42 Å².